The molecule has 0 saturated carbocycles. The van der Waals surface area contributed by atoms with Crippen LogP contribution in [0.2, 0.25) is 0 Å². The zero-order valence-electron chi connectivity index (χ0n) is 10.2. The molecule has 6 heteroatoms. The summed E-state index contributed by atoms with van der Waals surface area (Å²) in [4.78, 5) is 22.5. The normalized spacial score (nSPS) is 12.2. The summed E-state index contributed by atoms with van der Waals surface area (Å²) < 4.78 is 1.60. The number of nitrogens with zero attached hydrogens (tertiary/aromatic N) is 2. The lowest BCUT2D eigenvalue weighted by molar-refractivity contribution is -0.137. The average molecular weight is 239 g/mol. The Morgan fingerprint density at radius 1 is 1.59 bits per heavy atom. The molecular weight excluding hydrogens is 222 g/mol. The molecule has 0 aromatic carbocycles. The van der Waals surface area contributed by atoms with Crippen LogP contribution in [0, 0.1) is 6.92 Å². The maximum absolute atomic E-state index is 11.9. The topological polar surface area (TPSA) is 84.2 Å². The van der Waals surface area contributed by atoms with Crippen molar-refractivity contribution in [2.45, 2.75) is 32.7 Å². The molecule has 0 radical (unpaired) electrons. The van der Waals surface area contributed by atoms with Crippen molar-refractivity contribution < 1.29 is 14.7 Å². The fourth-order valence-electron chi connectivity index (χ4n) is 1.49. The highest BCUT2D eigenvalue weighted by Crippen LogP contribution is 2.07. The quantitative estimate of drug-likeness (QED) is 0.792. The highest BCUT2D eigenvalue weighted by Gasteiger charge is 2.18. The Bertz CT molecular complexity index is 426. The minimum absolute atomic E-state index is 0.0679. The zero-order valence-corrected chi connectivity index (χ0v) is 10.2. The number of carboxylic acid groups (broad SMARTS) is 1. The summed E-state index contributed by atoms with van der Waals surface area (Å²) in [5.74, 6) is -1.19. The van der Waals surface area contributed by atoms with Gasteiger partial charge in [-0.2, -0.15) is 5.10 Å². The molecule has 0 aliphatic rings. The number of hydrogen-bond acceptors (Lipinski definition) is 3. The van der Waals surface area contributed by atoms with E-state index in [4.69, 9.17) is 5.11 Å². The second kappa shape index (κ2) is 5.47. The van der Waals surface area contributed by atoms with Crippen LogP contribution in [-0.2, 0) is 11.8 Å². The van der Waals surface area contributed by atoms with E-state index in [9.17, 15) is 9.59 Å². The van der Waals surface area contributed by atoms with Crippen LogP contribution < -0.4 is 5.32 Å². The van der Waals surface area contributed by atoms with E-state index in [1.165, 1.54) is 6.20 Å². The molecule has 1 rings (SSSR count). The number of nitrogens with one attached hydrogen (secondary N) is 1. The number of rotatable bonds is 5. The number of hydrogen-bond donors (Lipinski definition) is 2. The summed E-state index contributed by atoms with van der Waals surface area (Å²) >= 11 is 0. The molecular formula is C11H17N3O3. The third kappa shape index (κ3) is 3.30. The number of carboxylic acids is 1. The van der Waals surface area contributed by atoms with Crippen molar-refractivity contribution in [3.05, 3.63) is 17.5 Å². The van der Waals surface area contributed by atoms with E-state index >= 15 is 0 Å². The van der Waals surface area contributed by atoms with Crippen LogP contribution in [0.4, 0.5) is 0 Å². The Morgan fingerprint density at radius 2 is 2.24 bits per heavy atom. The number of amides is 1. The SMILES string of the molecule is CCC(CC(=O)O)NC(=O)c1cnn(C)c1C. The third-order valence-corrected chi connectivity index (χ3v) is 2.73. The van der Waals surface area contributed by atoms with Crippen LogP contribution in [0.15, 0.2) is 6.20 Å². The molecule has 0 saturated heterocycles. The number of aliphatic carboxylic acids is 1. The average Bonchev–Trinajstić information content (AvgIpc) is 2.58. The number of aryl methyl sites for hydroxylation is 1. The minimum atomic E-state index is -0.917. The highest BCUT2D eigenvalue weighted by molar-refractivity contribution is 5.95. The lowest BCUT2D eigenvalue weighted by atomic mass is 10.1. The van der Waals surface area contributed by atoms with E-state index in [0.29, 0.717) is 12.0 Å². The molecule has 1 aromatic heterocycles. The third-order valence-electron chi connectivity index (χ3n) is 2.73. The predicted molar refractivity (Wildman–Crippen MR) is 61.7 cm³/mol. The van der Waals surface area contributed by atoms with E-state index in [1.807, 2.05) is 6.92 Å². The molecule has 6 nitrogen and oxygen atoms in total. The second-order valence-electron chi connectivity index (χ2n) is 3.94. The smallest absolute Gasteiger partial charge is 0.305 e. The number of carbonyl (C=O) groups is 2. The summed E-state index contributed by atoms with van der Waals surface area (Å²) in [5.41, 5.74) is 1.24. The Kier molecular flexibility index (Phi) is 4.25. The lowest BCUT2D eigenvalue weighted by Crippen LogP contribution is -2.36. The van der Waals surface area contributed by atoms with Crippen LogP contribution in [-0.4, -0.2) is 32.8 Å². The fourth-order valence-corrected chi connectivity index (χ4v) is 1.49. The van der Waals surface area contributed by atoms with Crippen LogP contribution in [0.1, 0.15) is 35.8 Å². The van der Waals surface area contributed by atoms with Crippen molar-refractivity contribution in [1.82, 2.24) is 15.1 Å². The van der Waals surface area contributed by atoms with Gasteiger partial charge in [-0.3, -0.25) is 14.3 Å². The Morgan fingerprint density at radius 3 is 2.65 bits per heavy atom. The molecule has 0 spiro atoms. The van der Waals surface area contributed by atoms with E-state index in [-0.39, 0.29) is 18.4 Å². The van der Waals surface area contributed by atoms with E-state index < -0.39 is 5.97 Å². The number of aromatic nitrogens is 2. The van der Waals surface area contributed by atoms with Crippen LogP contribution >= 0.6 is 0 Å². The van der Waals surface area contributed by atoms with Gasteiger partial charge in [-0.25, -0.2) is 0 Å². The first-order valence-electron chi connectivity index (χ1n) is 5.47. The van der Waals surface area contributed by atoms with Crippen LogP contribution in [0.5, 0.6) is 0 Å². The second-order valence-corrected chi connectivity index (χ2v) is 3.94. The fraction of sp³-hybridized carbons (Fsp3) is 0.545. The summed E-state index contributed by atoms with van der Waals surface area (Å²) in [6.45, 7) is 3.63. The summed E-state index contributed by atoms with van der Waals surface area (Å²) in [6, 6.07) is -0.348. The van der Waals surface area contributed by atoms with Gasteiger partial charge in [-0.15, -0.1) is 0 Å². The molecule has 17 heavy (non-hydrogen) atoms. The Balaban J connectivity index is 2.71. The van der Waals surface area contributed by atoms with Crippen molar-refractivity contribution in [3.63, 3.8) is 0 Å². The van der Waals surface area contributed by atoms with Crippen LogP contribution in [0.25, 0.3) is 0 Å². The van der Waals surface area contributed by atoms with E-state index in [0.717, 1.165) is 5.69 Å². The Labute approximate surface area is 99.6 Å². The van der Waals surface area contributed by atoms with E-state index in [2.05, 4.69) is 10.4 Å². The van der Waals surface area contributed by atoms with Crippen molar-refractivity contribution in [2.24, 2.45) is 7.05 Å². The molecule has 1 atom stereocenters. The molecule has 0 aliphatic carbocycles. The molecule has 0 aliphatic heterocycles. The first-order chi connectivity index (χ1) is 7.95. The van der Waals surface area contributed by atoms with Gasteiger partial charge in [0.1, 0.15) is 0 Å². The molecule has 1 unspecified atom stereocenters. The molecule has 0 fully saturated rings. The molecule has 1 amide bonds. The molecule has 0 bridgehead atoms. The van der Waals surface area contributed by atoms with Gasteiger partial charge in [-0.05, 0) is 13.3 Å². The van der Waals surface area contributed by atoms with Gasteiger partial charge >= 0.3 is 5.97 Å². The van der Waals surface area contributed by atoms with Gasteiger partial charge in [0, 0.05) is 18.8 Å². The van der Waals surface area contributed by atoms with Gasteiger partial charge in [0.25, 0.3) is 5.91 Å². The van der Waals surface area contributed by atoms with Crippen molar-refractivity contribution in [3.8, 4) is 0 Å². The van der Waals surface area contributed by atoms with Crippen LogP contribution in [0.3, 0.4) is 0 Å². The zero-order chi connectivity index (χ0) is 13.0. The maximum atomic E-state index is 11.9. The van der Waals surface area contributed by atoms with Gasteiger partial charge in [0.05, 0.1) is 18.2 Å². The van der Waals surface area contributed by atoms with Crippen molar-refractivity contribution in [2.75, 3.05) is 0 Å². The van der Waals surface area contributed by atoms with E-state index in [1.54, 1.807) is 18.7 Å². The highest BCUT2D eigenvalue weighted by atomic mass is 16.4. The van der Waals surface area contributed by atoms with Crippen molar-refractivity contribution >= 4 is 11.9 Å². The maximum Gasteiger partial charge on any atom is 0.305 e. The number of carbonyl (C=O) groups excluding carboxylic acids is 1. The predicted octanol–water partition coefficient (Wildman–Crippen LogP) is 0.712. The summed E-state index contributed by atoms with van der Waals surface area (Å²) in [6.07, 6.45) is 2.00. The van der Waals surface area contributed by atoms with Gasteiger partial charge in [0.2, 0.25) is 0 Å². The molecule has 94 valence electrons. The first kappa shape index (κ1) is 13.2. The standard InChI is InChI=1S/C11H17N3O3/c1-4-8(5-10(15)16)13-11(17)9-6-12-14(3)7(9)2/h6,8H,4-5H2,1-3H3,(H,13,17)(H,15,16). The molecule has 2 N–H and O–H groups in total. The minimum Gasteiger partial charge on any atom is -0.481 e. The molecule has 1 heterocycles. The first-order valence-corrected chi connectivity index (χ1v) is 5.47. The monoisotopic (exact) mass is 239 g/mol. The largest absolute Gasteiger partial charge is 0.481 e. The van der Waals surface area contributed by atoms with Gasteiger partial charge in [-0.1, -0.05) is 6.92 Å². The van der Waals surface area contributed by atoms with Gasteiger partial charge < -0.3 is 10.4 Å². The molecule has 1 aromatic rings. The lowest BCUT2D eigenvalue weighted by Gasteiger charge is -2.14. The summed E-state index contributed by atoms with van der Waals surface area (Å²) in [7, 11) is 1.75. The van der Waals surface area contributed by atoms with Crippen molar-refractivity contribution in [1.29, 1.82) is 0 Å². The van der Waals surface area contributed by atoms with Gasteiger partial charge in [0.15, 0.2) is 0 Å². The summed E-state index contributed by atoms with van der Waals surface area (Å²) in [5, 5.41) is 15.4. The Hall–Kier alpha value is -1.85.